The van der Waals surface area contributed by atoms with Crippen LogP contribution in [0, 0.1) is 0 Å². The Morgan fingerprint density at radius 1 is 0.480 bits per heavy atom. The first-order valence-corrected chi connectivity index (χ1v) is 18.6. The van der Waals surface area contributed by atoms with Gasteiger partial charge < -0.3 is 4.90 Å². The molecule has 1 aliphatic rings. The number of rotatable bonds is 5. The molecule has 9 rings (SSSR count). The zero-order valence-electron chi connectivity index (χ0n) is 29.2. The normalized spacial score (nSPS) is 15.0. The highest BCUT2D eigenvalue weighted by atomic mass is 32.1. The number of benzene rings is 7. The molecule has 0 atom stereocenters. The van der Waals surface area contributed by atoms with Crippen LogP contribution in [0.5, 0.6) is 0 Å². The third kappa shape index (κ3) is 5.05. The summed E-state index contributed by atoms with van der Waals surface area (Å²) in [6.45, 7) is 9.70. The smallest absolute Gasteiger partial charge is 0.0546 e. The predicted molar refractivity (Wildman–Crippen MR) is 218 cm³/mol. The molecule has 0 fully saturated rings. The molecular weight excluding hydrogens is 623 g/mol. The number of para-hydroxylation sites is 2. The molecule has 0 unspecified atom stereocenters. The number of hydrogen-bond acceptors (Lipinski definition) is 2. The molecule has 0 amide bonds. The summed E-state index contributed by atoms with van der Waals surface area (Å²) < 4.78 is 2.74. The number of fused-ring (bicyclic) bond motifs is 5. The molecule has 8 aromatic rings. The summed E-state index contributed by atoms with van der Waals surface area (Å²) in [5, 5.41) is 5.24. The van der Waals surface area contributed by atoms with E-state index in [1.165, 1.54) is 82.9 Å². The van der Waals surface area contributed by atoms with E-state index in [1.807, 2.05) is 11.3 Å². The van der Waals surface area contributed by atoms with Crippen LogP contribution in [0.4, 0.5) is 17.1 Å². The molecule has 1 nitrogen and oxygen atoms in total. The van der Waals surface area contributed by atoms with Crippen LogP contribution in [0.3, 0.4) is 0 Å². The minimum atomic E-state index is 0.191. The van der Waals surface area contributed by atoms with E-state index in [1.54, 1.807) is 0 Å². The van der Waals surface area contributed by atoms with Gasteiger partial charge in [-0.2, -0.15) is 0 Å². The van der Waals surface area contributed by atoms with E-state index in [0.29, 0.717) is 0 Å². The largest absolute Gasteiger partial charge is 0.309 e. The van der Waals surface area contributed by atoms with Gasteiger partial charge in [0.2, 0.25) is 0 Å². The summed E-state index contributed by atoms with van der Waals surface area (Å²) in [7, 11) is 0. The Morgan fingerprint density at radius 2 is 1.08 bits per heavy atom. The van der Waals surface area contributed by atoms with E-state index in [0.717, 1.165) is 11.4 Å². The monoisotopic (exact) mass is 663 g/mol. The number of hydrogen-bond donors (Lipinski definition) is 0. The van der Waals surface area contributed by atoms with Crippen LogP contribution in [0.15, 0.2) is 152 Å². The number of anilines is 3. The molecule has 0 saturated heterocycles. The lowest BCUT2D eigenvalue weighted by Gasteiger charge is -2.41. The van der Waals surface area contributed by atoms with Gasteiger partial charge >= 0.3 is 0 Å². The lowest BCUT2D eigenvalue weighted by atomic mass is 9.63. The van der Waals surface area contributed by atoms with Gasteiger partial charge in [0.15, 0.2) is 0 Å². The highest BCUT2D eigenvalue weighted by molar-refractivity contribution is 7.25. The molecule has 0 N–H and O–H groups in total. The summed E-state index contributed by atoms with van der Waals surface area (Å²) in [6, 6.07) is 56.0. The van der Waals surface area contributed by atoms with Crippen molar-refractivity contribution < 1.29 is 0 Å². The Hall–Kier alpha value is -5.18. The highest BCUT2D eigenvalue weighted by Gasteiger charge is 2.37. The fourth-order valence-corrected chi connectivity index (χ4v) is 9.43. The summed E-state index contributed by atoms with van der Waals surface area (Å²) in [4.78, 5) is 2.44. The van der Waals surface area contributed by atoms with Crippen molar-refractivity contribution in [2.75, 3.05) is 4.90 Å². The summed E-state index contributed by atoms with van der Waals surface area (Å²) in [6.07, 6.45) is 2.46. The minimum absolute atomic E-state index is 0.191. The van der Waals surface area contributed by atoms with E-state index in [2.05, 4.69) is 184 Å². The summed E-state index contributed by atoms with van der Waals surface area (Å²) in [5.41, 5.74) is 11.8. The fraction of sp³-hybridized carbons (Fsp3) is 0.167. The Morgan fingerprint density at radius 3 is 1.84 bits per heavy atom. The van der Waals surface area contributed by atoms with E-state index in [-0.39, 0.29) is 10.8 Å². The fourth-order valence-electron chi connectivity index (χ4n) is 8.27. The Balaban J connectivity index is 1.26. The number of nitrogens with zero attached hydrogens (tertiary/aromatic N) is 1. The standard InChI is InChI=1S/C48H41NS/c1-47(2)27-28-48(3,4)41-31-45-39(30-40(41)47)38-26-25-34(29-44(38)50-45)37-22-13-17-33-18-14-24-43(46(33)37)49(35-19-9-6-10-20-35)42-23-12-11-21-36(42)32-15-7-5-8-16-32/h5-26,29-31H,27-28H2,1-4H3. The summed E-state index contributed by atoms with van der Waals surface area (Å²) >= 11 is 1.94. The quantitative estimate of drug-likeness (QED) is 0.177. The third-order valence-electron chi connectivity index (χ3n) is 11.1. The Bertz CT molecular complexity index is 2530. The van der Waals surface area contributed by atoms with Gasteiger partial charge in [-0.15, -0.1) is 11.3 Å². The van der Waals surface area contributed by atoms with Crippen LogP contribution in [0.2, 0.25) is 0 Å². The third-order valence-corrected chi connectivity index (χ3v) is 12.2. The SMILES string of the molecule is CC1(C)CCC(C)(C)c2cc3c(cc21)sc1cc(-c2cccc4cccc(N(c5ccccc5)c5ccccc5-c5ccccc5)c24)ccc13. The van der Waals surface area contributed by atoms with Crippen LogP contribution in [-0.2, 0) is 10.8 Å². The van der Waals surface area contributed by atoms with E-state index in [4.69, 9.17) is 0 Å². The van der Waals surface area contributed by atoms with Gasteiger partial charge in [-0.25, -0.2) is 0 Å². The maximum Gasteiger partial charge on any atom is 0.0546 e. The van der Waals surface area contributed by atoms with Crippen LogP contribution >= 0.6 is 11.3 Å². The van der Waals surface area contributed by atoms with Gasteiger partial charge in [-0.05, 0) is 99.3 Å². The lowest BCUT2D eigenvalue weighted by Crippen LogP contribution is -2.33. The second-order valence-electron chi connectivity index (χ2n) is 15.2. The predicted octanol–water partition coefficient (Wildman–Crippen LogP) is 14.4. The number of thiophene rings is 1. The van der Waals surface area contributed by atoms with Crippen molar-refractivity contribution in [2.24, 2.45) is 0 Å². The lowest BCUT2D eigenvalue weighted by molar-refractivity contribution is 0.332. The second kappa shape index (κ2) is 11.7. The zero-order chi connectivity index (χ0) is 34.0. The molecule has 0 radical (unpaired) electrons. The second-order valence-corrected chi connectivity index (χ2v) is 16.3. The molecule has 1 aliphatic carbocycles. The highest BCUT2D eigenvalue weighted by Crippen LogP contribution is 2.50. The first-order valence-electron chi connectivity index (χ1n) is 17.8. The first kappa shape index (κ1) is 30.8. The average Bonchev–Trinajstić information content (AvgIpc) is 3.51. The van der Waals surface area contributed by atoms with Crippen molar-refractivity contribution in [3.8, 4) is 22.3 Å². The van der Waals surface area contributed by atoms with Crippen molar-refractivity contribution >= 4 is 59.3 Å². The van der Waals surface area contributed by atoms with Gasteiger partial charge in [0.1, 0.15) is 0 Å². The van der Waals surface area contributed by atoms with E-state index < -0.39 is 0 Å². The van der Waals surface area contributed by atoms with Crippen molar-refractivity contribution in [2.45, 2.75) is 51.4 Å². The van der Waals surface area contributed by atoms with Crippen LogP contribution < -0.4 is 4.90 Å². The molecule has 0 aliphatic heterocycles. The molecule has 0 bridgehead atoms. The molecule has 7 aromatic carbocycles. The first-order chi connectivity index (χ1) is 24.3. The maximum atomic E-state index is 2.53. The Labute approximate surface area is 299 Å². The van der Waals surface area contributed by atoms with Crippen molar-refractivity contribution in [1.82, 2.24) is 0 Å². The molecule has 2 heteroatoms. The van der Waals surface area contributed by atoms with Crippen molar-refractivity contribution in [1.29, 1.82) is 0 Å². The van der Waals surface area contributed by atoms with Gasteiger partial charge in [-0.3, -0.25) is 0 Å². The van der Waals surface area contributed by atoms with Crippen molar-refractivity contribution in [3.05, 3.63) is 163 Å². The average molecular weight is 664 g/mol. The molecular formula is C48H41NS. The zero-order valence-corrected chi connectivity index (χ0v) is 30.0. The maximum absolute atomic E-state index is 2.53. The van der Waals surface area contributed by atoms with E-state index >= 15 is 0 Å². The summed E-state index contributed by atoms with van der Waals surface area (Å²) in [5.74, 6) is 0. The molecule has 50 heavy (non-hydrogen) atoms. The van der Waals surface area contributed by atoms with Gasteiger partial charge in [0.25, 0.3) is 0 Å². The minimum Gasteiger partial charge on any atom is -0.309 e. The van der Waals surface area contributed by atoms with Gasteiger partial charge in [-0.1, -0.05) is 137 Å². The van der Waals surface area contributed by atoms with Gasteiger partial charge in [0.05, 0.1) is 11.4 Å². The Kier molecular flexibility index (Phi) is 7.23. The molecule has 0 spiro atoms. The topological polar surface area (TPSA) is 3.24 Å². The van der Waals surface area contributed by atoms with Crippen LogP contribution in [-0.4, -0.2) is 0 Å². The van der Waals surface area contributed by atoms with E-state index in [9.17, 15) is 0 Å². The molecule has 1 aromatic heterocycles. The van der Waals surface area contributed by atoms with Gasteiger partial charge in [0, 0.05) is 36.8 Å². The molecule has 1 heterocycles. The molecule has 0 saturated carbocycles. The molecule has 244 valence electrons. The van der Waals surface area contributed by atoms with Crippen molar-refractivity contribution in [3.63, 3.8) is 0 Å². The van der Waals surface area contributed by atoms with Crippen LogP contribution in [0.1, 0.15) is 51.7 Å². The van der Waals surface area contributed by atoms with Crippen LogP contribution in [0.25, 0.3) is 53.2 Å².